The topological polar surface area (TPSA) is 37.3 Å². The molecule has 0 bridgehead atoms. The lowest BCUT2D eigenvalue weighted by Gasteiger charge is -2.29. The SMILES string of the molecule is CC1CCC(C=CCC(=O)O)C1(C)C. The van der Waals surface area contributed by atoms with Gasteiger partial charge in [0.25, 0.3) is 0 Å². The Morgan fingerprint density at radius 3 is 2.57 bits per heavy atom. The van der Waals surface area contributed by atoms with Crippen LogP contribution in [0, 0.1) is 17.3 Å². The summed E-state index contributed by atoms with van der Waals surface area (Å²) in [7, 11) is 0. The Labute approximate surface area is 86.0 Å². The Bertz CT molecular complexity index is 241. The highest BCUT2D eigenvalue weighted by atomic mass is 16.4. The van der Waals surface area contributed by atoms with E-state index in [1.165, 1.54) is 12.8 Å². The molecule has 0 aromatic heterocycles. The lowest BCUT2D eigenvalue weighted by Crippen LogP contribution is -2.21. The van der Waals surface area contributed by atoms with Gasteiger partial charge in [0, 0.05) is 0 Å². The van der Waals surface area contributed by atoms with Crippen molar-refractivity contribution in [2.75, 3.05) is 0 Å². The van der Waals surface area contributed by atoms with E-state index in [1.807, 2.05) is 0 Å². The molecule has 1 aliphatic rings. The van der Waals surface area contributed by atoms with E-state index in [-0.39, 0.29) is 6.42 Å². The van der Waals surface area contributed by atoms with Gasteiger partial charge in [-0.2, -0.15) is 0 Å². The molecule has 1 aliphatic carbocycles. The maximum Gasteiger partial charge on any atom is 0.307 e. The molecule has 0 saturated heterocycles. The van der Waals surface area contributed by atoms with Crippen LogP contribution in [0.15, 0.2) is 12.2 Å². The van der Waals surface area contributed by atoms with Crippen LogP contribution in [0.1, 0.15) is 40.0 Å². The molecule has 2 atom stereocenters. The van der Waals surface area contributed by atoms with Gasteiger partial charge < -0.3 is 5.11 Å². The largest absolute Gasteiger partial charge is 0.481 e. The standard InChI is InChI=1S/C12H20O2/c1-9-7-8-10(12(9,2)3)5-4-6-11(13)14/h4-5,9-10H,6-8H2,1-3H3,(H,13,14). The molecular weight excluding hydrogens is 176 g/mol. The van der Waals surface area contributed by atoms with Crippen molar-refractivity contribution in [3.63, 3.8) is 0 Å². The highest BCUT2D eigenvalue weighted by molar-refractivity contribution is 5.68. The molecule has 1 rings (SSSR count). The molecule has 2 unspecified atom stereocenters. The Kier molecular flexibility index (Phi) is 3.35. The molecule has 0 radical (unpaired) electrons. The average Bonchev–Trinajstić information content (AvgIpc) is 2.30. The number of carboxylic acids is 1. The van der Waals surface area contributed by atoms with E-state index in [2.05, 4.69) is 26.8 Å². The lowest BCUT2D eigenvalue weighted by molar-refractivity contribution is -0.136. The predicted octanol–water partition coefficient (Wildman–Crippen LogP) is 3.09. The summed E-state index contributed by atoms with van der Waals surface area (Å²) in [6, 6.07) is 0. The van der Waals surface area contributed by atoms with Gasteiger partial charge >= 0.3 is 5.97 Å². The maximum absolute atomic E-state index is 10.3. The Morgan fingerprint density at radius 2 is 2.14 bits per heavy atom. The first-order valence-corrected chi connectivity index (χ1v) is 5.33. The van der Waals surface area contributed by atoms with Crippen LogP contribution >= 0.6 is 0 Å². The highest BCUT2D eigenvalue weighted by Gasteiger charge is 2.38. The summed E-state index contributed by atoms with van der Waals surface area (Å²) < 4.78 is 0. The third-order valence-corrected chi connectivity index (χ3v) is 3.80. The predicted molar refractivity (Wildman–Crippen MR) is 57.1 cm³/mol. The van der Waals surface area contributed by atoms with Gasteiger partial charge in [0.1, 0.15) is 0 Å². The van der Waals surface area contributed by atoms with Crippen molar-refractivity contribution in [2.24, 2.45) is 17.3 Å². The number of carbonyl (C=O) groups is 1. The minimum absolute atomic E-state index is 0.154. The van der Waals surface area contributed by atoms with Gasteiger partial charge in [-0.25, -0.2) is 0 Å². The Morgan fingerprint density at radius 1 is 1.50 bits per heavy atom. The second kappa shape index (κ2) is 4.16. The monoisotopic (exact) mass is 196 g/mol. The molecular formula is C12H20O2. The number of allylic oxidation sites excluding steroid dienone is 1. The first-order chi connectivity index (χ1) is 6.44. The van der Waals surface area contributed by atoms with Gasteiger partial charge in [-0.05, 0) is 30.1 Å². The van der Waals surface area contributed by atoms with E-state index >= 15 is 0 Å². The molecule has 0 aliphatic heterocycles. The van der Waals surface area contributed by atoms with Gasteiger partial charge in [-0.3, -0.25) is 4.79 Å². The number of rotatable bonds is 3. The lowest BCUT2D eigenvalue weighted by atomic mass is 9.76. The minimum atomic E-state index is -0.745. The van der Waals surface area contributed by atoms with Crippen LogP contribution in [0.3, 0.4) is 0 Å². The number of hydrogen-bond donors (Lipinski definition) is 1. The molecule has 0 spiro atoms. The summed E-state index contributed by atoms with van der Waals surface area (Å²) in [6.45, 7) is 6.84. The van der Waals surface area contributed by atoms with Crippen molar-refractivity contribution in [1.29, 1.82) is 0 Å². The minimum Gasteiger partial charge on any atom is -0.481 e. The zero-order valence-electron chi connectivity index (χ0n) is 9.29. The van der Waals surface area contributed by atoms with Gasteiger partial charge in [0.05, 0.1) is 6.42 Å². The van der Waals surface area contributed by atoms with E-state index in [0.29, 0.717) is 11.3 Å². The van der Waals surface area contributed by atoms with Gasteiger partial charge in [0.15, 0.2) is 0 Å². The van der Waals surface area contributed by atoms with Crippen molar-refractivity contribution < 1.29 is 9.90 Å². The Balaban J connectivity index is 2.54. The normalized spacial score (nSPS) is 31.1. The fourth-order valence-corrected chi connectivity index (χ4v) is 2.22. The smallest absolute Gasteiger partial charge is 0.307 e. The number of carboxylic acid groups (broad SMARTS) is 1. The highest BCUT2D eigenvalue weighted by Crippen LogP contribution is 2.47. The summed E-state index contributed by atoms with van der Waals surface area (Å²) in [4.78, 5) is 10.3. The van der Waals surface area contributed by atoms with Crippen LogP contribution < -0.4 is 0 Å². The first kappa shape index (κ1) is 11.3. The second-order valence-corrected chi connectivity index (χ2v) is 4.93. The molecule has 1 fully saturated rings. The van der Waals surface area contributed by atoms with E-state index in [9.17, 15) is 4.79 Å². The molecule has 2 heteroatoms. The number of aliphatic carboxylic acids is 1. The van der Waals surface area contributed by atoms with E-state index < -0.39 is 5.97 Å². The van der Waals surface area contributed by atoms with E-state index in [0.717, 1.165) is 5.92 Å². The maximum atomic E-state index is 10.3. The van der Waals surface area contributed by atoms with Crippen LogP contribution in [0.2, 0.25) is 0 Å². The summed E-state index contributed by atoms with van der Waals surface area (Å²) in [6.07, 6.45) is 6.50. The molecule has 1 N–H and O–H groups in total. The fourth-order valence-electron chi connectivity index (χ4n) is 2.22. The van der Waals surface area contributed by atoms with Crippen molar-refractivity contribution >= 4 is 5.97 Å². The molecule has 0 aromatic carbocycles. The van der Waals surface area contributed by atoms with Crippen LogP contribution in [-0.4, -0.2) is 11.1 Å². The second-order valence-electron chi connectivity index (χ2n) is 4.93. The summed E-state index contributed by atoms with van der Waals surface area (Å²) >= 11 is 0. The number of hydrogen-bond acceptors (Lipinski definition) is 1. The molecule has 0 heterocycles. The molecule has 1 saturated carbocycles. The molecule has 0 aromatic rings. The summed E-state index contributed by atoms with van der Waals surface area (Å²) in [5.41, 5.74) is 0.328. The molecule has 14 heavy (non-hydrogen) atoms. The fraction of sp³-hybridized carbons (Fsp3) is 0.750. The summed E-state index contributed by atoms with van der Waals surface area (Å²) in [5, 5.41) is 8.52. The van der Waals surface area contributed by atoms with Crippen molar-refractivity contribution in [3.05, 3.63) is 12.2 Å². The van der Waals surface area contributed by atoms with Crippen molar-refractivity contribution in [1.82, 2.24) is 0 Å². The third-order valence-electron chi connectivity index (χ3n) is 3.80. The summed E-state index contributed by atoms with van der Waals surface area (Å²) in [5.74, 6) is 0.545. The van der Waals surface area contributed by atoms with Crippen LogP contribution in [-0.2, 0) is 4.79 Å². The van der Waals surface area contributed by atoms with Crippen molar-refractivity contribution in [3.8, 4) is 0 Å². The average molecular weight is 196 g/mol. The first-order valence-electron chi connectivity index (χ1n) is 5.33. The van der Waals surface area contributed by atoms with E-state index in [4.69, 9.17) is 5.11 Å². The quantitative estimate of drug-likeness (QED) is 0.704. The molecule has 0 amide bonds. The van der Waals surface area contributed by atoms with Gasteiger partial charge in [-0.1, -0.05) is 32.9 Å². The van der Waals surface area contributed by atoms with Crippen LogP contribution in [0.25, 0.3) is 0 Å². The van der Waals surface area contributed by atoms with Crippen LogP contribution in [0.4, 0.5) is 0 Å². The van der Waals surface area contributed by atoms with Gasteiger partial charge in [0.2, 0.25) is 0 Å². The van der Waals surface area contributed by atoms with Crippen LogP contribution in [0.5, 0.6) is 0 Å². The zero-order valence-corrected chi connectivity index (χ0v) is 9.29. The zero-order chi connectivity index (χ0) is 10.8. The Hall–Kier alpha value is -0.790. The third kappa shape index (κ3) is 2.37. The molecule has 2 nitrogen and oxygen atoms in total. The van der Waals surface area contributed by atoms with Crippen molar-refractivity contribution in [2.45, 2.75) is 40.0 Å². The molecule has 80 valence electrons. The van der Waals surface area contributed by atoms with E-state index in [1.54, 1.807) is 6.08 Å². The van der Waals surface area contributed by atoms with Gasteiger partial charge in [-0.15, -0.1) is 0 Å².